The number of aromatic nitrogens is 9. The van der Waals surface area contributed by atoms with E-state index in [0.717, 1.165) is 28.1 Å². The number of phenolic OH excluding ortho intramolecular Hbond substituents is 6. The summed E-state index contributed by atoms with van der Waals surface area (Å²) in [5, 5.41) is 79.3. The Labute approximate surface area is 386 Å². The van der Waals surface area contributed by atoms with Gasteiger partial charge in [0.15, 0.2) is 31.8 Å². The maximum absolute atomic E-state index is 10.1. The second kappa shape index (κ2) is 19.2. The van der Waals surface area contributed by atoms with E-state index < -0.39 is 0 Å². The van der Waals surface area contributed by atoms with Gasteiger partial charge in [-0.1, -0.05) is 42.5 Å². The van der Waals surface area contributed by atoms with Crippen molar-refractivity contribution in [2.45, 2.75) is 20.8 Å². The van der Waals surface area contributed by atoms with Crippen molar-refractivity contribution in [3.05, 3.63) is 152 Å². The fourth-order valence-corrected chi connectivity index (χ4v) is 7.53. The normalized spacial score (nSPS) is 10.7. The van der Waals surface area contributed by atoms with Crippen molar-refractivity contribution in [1.29, 1.82) is 0 Å². The van der Waals surface area contributed by atoms with E-state index in [1.54, 1.807) is 39.0 Å². The molecule has 0 saturated carbocycles. The molecule has 0 aliphatic heterocycles. The smallest absolute Gasteiger partial charge is 0.200 e. The number of aromatic amines is 3. The topological polar surface area (TPSA) is 231 Å². The molecule has 0 spiro atoms. The van der Waals surface area contributed by atoms with E-state index in [4.69, 9.17) is 41.4 Å². The van der Waals surface area contributed by atoms with E-state index in [1.807, 2.05) is 87.5 Å². The Balaban J connectivity index is 0.000000146. The molecule has 65 heavy (non-hydrogen) atoms. The predicted molar refractivity (Wildman–Crippen MR) is 253 cm³/mol. The van der Waals surface area contributed by atoms with E-state index in [2.05, 4.69) is 30.6 Å². The standard InChI is InChI=1S/C16H15N3O3S.2C15H13N3O2S/c1-9-3-6-14(22-2)12(7-9)19-15(17-18-16(19)23)11-5-4-10(20)8-13(11)21;2*1-9-4-2-3-5-12(9)18-14(16-17-15(18)21)11-7-6-10(19)8-13(11)20/h3-8,20-21H,1-2H3,(H,18,23);2*2-8,19-20H,1H3,(H,17,21). The summed E-state index contributed by atoms with van der Waals surface area (Å²) in [5.41, 5.74) is 7.02. The number of aromatic hydroxyl groups is 6. The molecule has 3 aromatic heterocycles. The molecular weight excluding hydrogens is 887 g/mol. The van der Waals surface area contributed by atoms with Crippen molar-refractivity contribution < 1.29 is 35.4 Å². The number of aryl methyl sites for hydroxylation is 3. The van der Waals surface area contributed by atoms with Crippen molar-refractivity contribution in [1.82, 2.24) is 44.3 Å². The first-order valence-electron chi connectivity index (χ1n) is 19.5. The third kappa shape index (κ3) is 9.52. The van der Waals surface area contributed by atoms with Gasteiger partial charge in [-0.05, 0) is 135 Å². The maximum atomic E-state index is 10.1. The van der Waals surface area contributed by atoms with Gasteiger partial charge in [0, 0.05) is 18.2 Å². The van der Waals surface area contributed by atoms with Crippen LogP contribution in [0.25, 0.3) is 51.2 Å². The van der Waals surface area contributed by atoms with Crippen LogP contribution in [0, 0.1) is 35.1 Å². The van der Waals surface area contributed by atoms with Crippen LogP contribution in [0.4, 0.5) is 0 Å². The van der Waals surface area contributed by atoms with Gasteiger partial charge in [-0.2, -0.15) is 15.3 Å². The van der Waals surface area contributed by atoms with Gasteiger partial charge in [-0.25, -0.2) is 0 Å². The van der Waals surface area contributed by atoms with Gasteiger partial charge in [-0.3, -0.25) is 29.0 Å². The van der Waals surface area contributed by atoms with Gasteiger partial charge >= 0.3 is 0 Å². The first-order chi connectivity index (χ1) is 31.2. The summed E-state index contributed by atoms with van der Waals surface area (Å²) >= 11 is 15.9. The fraction of sp³-hybridized carbons (Fsp3) is 0.0870. The van der Waals surface area contributed by atoms with Crippen LogP contribution in [-0.4, -0.2) is 82.0 Å². The summed E-state index contributed by atoms with van der Waals surface area (Å²) in [5.74, 6) is 1.80. The molecule has 19 heteroatoms. The lowest BCUT2D eigenvalue weighted by Gasteiger charge is -2.13. The highest BCUT2D eigenvalue weighted by Gasteiger charge is 2.19. The monoisotopic (exact) mass is 927 g/mol. The molecule has 3 heterocycles. The molecule has 330 valence electrons. The zero-order chi connectivity index (χ0) is 46.5. The highest BCUT2D eigenvalue weighted by Crippen LogP contribution is 2.36. The number of nitrogens with zero attached hydrogens (tertiary/aromatic N) is 6. The van der Waals surface area contributed by atoms with Crippen LogP contribution < -0.4 is 4.74 Å². The zero-order valence-corrected chi connectivity index (χ0v) is 37.5. The Morgan fingerprint density at radius 3 is 1.14 bits per heavy atom. The molecule has 0 aliphatic rings. The van der Waals surface area contributed by atoms with Crippen LogP contribution in [0.3, 0.4) is 0 Å². The molecule has 0 bridgehead atoms. The van der Waals surface area contributed by atoms with Crippen molar-refractivity contribution in [2.75, 3.05) is 7.11 Å². The molecule has 0 saturated heterocycles. The SMILES string of the molecule is COc1ccc(C)cc1-n1c(-c2ccc(O)cc2O)n[nH]c1=S.Cc1ccccc1-n1c(-c2ccc(O)cc2O)n[nH]c1=S.Cc1ccccc1-n1c(-c2ccc(O)cc2O)n[nH]c1=S. The van der Waals surface area contributed by atoms with Gasteiger partial charge in [0.25, 0.3) is 0 Å². The Bertz CT molecular complexity index is 3220. The summed E-state index contributed by atoms with van der Waals surface area (Å²) in [6, 6.07) is 34.3. The molecule has 0 fully saturated rings. The Morgan fingerprint density at radius 1 is 0.446 bits per heavy atom. The van der Waals surface area contributed by atoms with Crippen LogP contribution in [0.5, 0.6) is 40.2 Å². The Hall–Kier alpha value is -8.00. The molecule has 0 radical (unpaired) electrons. The minimum Gasteiger partial charge on any atom is -0.508 e. The summed E-state index contributed by atoms with van der Waals surface area (Å²) in [6.45, 7) is 5.92. The number of hydrogen-bond acceptors (Lipinski definition) is 13. The highest BCUT2D eigenvalue weighted by molar-refractivity contribution is 7.71. The summed E-state index contributed by atoms with van der Waals surface area (Å²) in [6.07, 6.45) is 0. The summed E-state index contributed by atoms with van der Waals surface area (Å²) < 4.78 is 11.9. The quantitative estimate of drug-likeness (QED) is 0.0679. The minimum atomic E-state index is -0.0909. The number of H-pyrrole nitrogens is 3. The van der Waals surface area contributed by atoms with Crippen molar-refractivity contribution in [3.63, 3.8) is 0 Å². The predicted octanol–water partition coefficient (Wildman–Crippen LogP) is 9.96. The van der Waals surface area contributed by atoms with E-state index in [9.17, 15) is 30.6 Å². The third-order valence-electron chi connectivity index (χ3n) is 9.97. The van der Waals surface area contributed by atoms with Crippen LogP contribution >= 0.6 is 36.7 Å². The summed E-state index contributed by atoms with van der Waals surface area (Å²) in [7, 11) is 1.58. The fourth-order valence-electron chi connectivity index (χ4n) is 6.83. The number of benzene rings is 6. The van der Waals surface area contributed by atoms with E-state index in [-0.39, 0.29) is 34.5 Å². The number of rotatable bonds is 7. The molecule has 0 unspecified atom stereocenters. The Morgan fingerprint density at radius 2 is 0.800 bits per heavy atom. The highest BCUT2D eigenvalue weighted by atomic mass is 32.1. The molecule has 6 aromatic carbocycles. The lowest BCUT2D eigenvalue weighted by molar-refractivity contribution is 0.412. The van der Waals surface area contributed by atoms with E-state index >= 15 is 0 Å². The number of hydrogen-bond donors (Lipinski definition) is 9. The van der Waals surface area contributed by atoms with Crippen LogP contribution in [0.15, 0.2) is 121 Å². The molecule has 0 atom stereocenters. The van der Waals surface area contributed by atoms with Gasteiger partial charge in [0.2, 0.25) is 0 Å². The average molecular weight is 928 g/mol. The molecule has 0 amide bonds. The van der Waals surface area contributed by atoms with Gasteiger partial charge in [0.1, 0.15) is 40.2 Å². The molecule has 16 nitrogen and oxygen atoms in total. The largest absolute Gasteiger partial charge is 0.508 e. The number of para-hydroxylation sites is 2. The Kier molecular flexibility index (Phi) is 13.3. The van der Waals surface area contributed by atoms with Crippen LogP contribution in [0.1, 0.15) is 16.7 Å². The zero-order valence-electron chi connectivity index (χ0n) is 35.0. The average Bonchev–Trinajstić information content (AvgIpc) is 3.97. The molecule has 0 aliphatic carbocycles. The van der Waals surface area contributed by atoms with Crippen molar-refractivity contribution >= 4 is 36.7 Å². The third-order valence-corrected chi connectivity index (χ3v) is 10.8. The first-order valence-corrected chi connectivity index (χ1v) is 20.8. The van der Waals surface area contributed by atoms with Gasteiger partial charge in [0.05, 0.1) is 40.9 Å². The number of methoxy groups -OCH3 is 1. The number of phenols is 6. The lowest BCUT2D eigenvalue weighted by atomic mass is 10.1. The first kappa shape index (κ1) is 45.0. The number of ether oxygens (including phenoxy) is 1. The molecule has 9 N–H and O–H groups in total. The second-order valence-corrected chi connectivity index (χ2v) is 15.6. The molecule has 9 aromatic rings. The van der Waals surface area contributed by atoms with Crippen LogP contribution in [0.2, 0.25) is 0 Å². The van der Waals surface area contributed by atoms with Gasteiger partial charge < -0.3 is 35.4 Å². The molecule has 9 rings (SSSR count). The number of nitrogens with one attached hydrogen (secondary N) is 3. The van der Waals surface area contributed by atoms with E-state index in [1.165, 1.54) is 36.4 Å². The summed E-state index contributed by atoms with van der Waals surface area (Å²) in [4.78, 5) is 0. The van der Waals surface area contributed by atoms with E-state index in [0.29, 0.717) is 59.9 Å². The second-order valence-electron chi connectivity index (χ2n) is 14.4. The molecular formula is C46H41N9O7S3. The maximum Gasteiger partial charge on any atom is 0.200 e. The van der Waals surface area contributed by atoms with Crippen molar-refractivity contribution in [2.24, 2.45) is 0 Å². The van der Waals surface area contributed by atoms with Crippen LogP contribution in [-0.2, 0) is 0 Å². The van der Waals surface area contributed by atoms with Gasteiger partial charge in [-0.15, -0.1) is 0 Å². The van der Waals surface area contributed by atoms with Crippen molar-refractivity contribution in [3.8, 4) is 91.5 Å². The lowest BCUT2D eigenvalue weighted by Crippen LogP contribution is -2.01. The minimum absolute atomic E-state index is 0.00664.